The molecule has 0 aliphatic rings. The number of hydrogen-bond donors (Lipinski definition) is 0. The fourth-order valence-electron chi connectivity index (χ4n) is 6.65. The van der Waals surface area contributed by atoms with Crippen molar-refractivity contribution in [2.24, 2.45) is 0 Å². The van der Waals surface area contributed by atoms with Crippen LogP contribution in [0.15, 0.2) is 85.1 Å². The molecule has 0 heterocycles. The molecule has 0 saturated heterocycles. The lowest BCUT2D eigenvalue weighted by Gasteiger charge is -2.18. The van der Waals surface area contributed by atoms with Crippen molar-refractivity contribution >= 4 is 17.9 Å². The Morgan fingerprint density at radius 2 is 0.656 bits per heavy atom. The first-order valence-corrected chi connectivity index (χ1v) is 25.1. The summed E-state index contributed by atoms with van der Waals surface area (Å²) in [5.41, 5.74) is 0. The normalized spacial score (nSPS) is 12.8. The summed E-state index contributed by atoms with van der Waals surface area (Å²) in [5.74, 6) is -0.983. The zero-order valence-electron chi connectivity index (χ0n) is 39.7. The largest absolute Gasteiger partial charge is 0.462 e. The van der Waals surface area contributed by atoms with Gasteiger partial charge in [0.1, 0.15) is 13.2 Å². The highest BCUT2D eigenvalue weighted by Crippen LogP contribution is 2.13. The molecule has 1 atom stereocenters. The van der Waals surface area contributed by atoms with E-state index in [4.69, 9.17) is 14.2 Å². The molecule has 6 heteroatoms. The Kier molecular flexibility index (Phi) is 46.5. The van der Waals surface area contributed by atoms with Crippen molar-refractivity contribution in [3.05, 3.63) is 85.1 Å². The molecule has 0 spiro atoms. The Hall–Kier alpha value is -3.41. The third-order valence-corrected chi connectivity index (χ3v) is 10.4. The minimum Gasteiger partial charge on any atom is -0.462 e. The number of ether oxygens (including phenoxy) is 3. The monoisotopic (exact) mass is 849 g/mol. The summed E-state index contributed by atoms with van der Waals surface area (Å²) in [7, 11) is 0. The van der Waals surface area contributed by atoms with E-state index in [0.29, 0.717) is 19.3 Å². The van der Waals surface area contributed by atoms with E-state index in [1.54, 1.807) is 0 Å². The molecule has 6 nitrogen and oxygen atoms in total. The Bertz CT molecular complexity index is 1200. The molecule has 0 amide bonds. The van der Waals surface area contributed by atoms with E-state index in [-0.39, 0.29) is 37.5 Å². The summed E-state index contributed by atoms with van der Waals surface area (Å²) < 4.78 is 16.7. The average Bonchev–Trinajstić information content (AvgIpc) is 3.26. The number of unbranched alkanes of at least 4 members (excludes halogenated alkanes) is 19. The van der Waals surface area contributed by atoms with Crippen LogP contribution >= 0.6 is 0 Å². The molecule has 0 aromatic rings. The van der Waals surface area contributed by atoms with Crippen molar-refractivity contribution in [3.63, 3.8) is 0 Å². The number of allylic oxidation sites excluding steroid dienone is 14. The summed E-state index contributed by atoms with van der Waals surface area (Å²) in [4.78, 5) is 37.9. The fraction of sp³-hybridized carbons (Fsp3) is 0.691. The van der Waals surface area contributed by atoms with Gasteiger partial charge in [-0.05, 0) is 103 Å². The van der Waals surface area contributed by atoms with Gasteiger partial charge in [0.2, 0.25) is 0 Å². The molecule has 0 aliphatic carbocycles. The quantitative estimate of drug-likeness (QED) is 0.0263. The van der Waals surface area contributed by atoms with Crippen LogP contribution in [0.2, 0.25) is 0 Å². The Labute approximate surface area is 375 Å². The number of esters is 3. The van der Waals surface area contributed by atoms with Gasteiger partial charge < -0.3 is 14.2 Å². The van der Waals surface area contributed by atoms with Crippen molar-refractivity contribution in [1.29, 1.82) is 0 Å². The Morgan fingerprint density at radius 1 is 0.344 bits per heavy atom. The van der Waals surface area contributed by atoms with E-state index in [9.17, 15) is 14.4 Å². The van der Waals surface area contributed by atoms with Crippen LogP contribution in [0.5, 0.6) is 0 Å². The van der Waals surface area contributed by atoms with Gasteiger partial charge >= 0.3 is 17.9 Å². The molecule has 1 unspecified atom stereocenters. The highest BCUT2D eigenvalue weighted by Gasteiger charge is 2.19. The van der Waals surface area contributed by atoms with Gasteiger partial charge in [-0.3, -0.25) is 14.4 Å². The molecule has 0 bridgehead atoms. The van der Waals surface area contributed by atoms with E-state index in [1.807, 2.05) is 0 Å². The fourth-order valence-corrected chi connectivity index (χ4v) is 6.65. The molecule has 0 aliphatic heterocycles. The van der Waals surface area contributed by atoms with Crippen molar-refractivity contribution in [2.45, 2.75) is 232 Å². The Balaban J connectivity index is 4.48. The van der Waals surface area contributed by atoms with Gasteiger partial charge in [-0.1, -0.05) is 189 Å². The molecule has 61 heavy (non-hydrogen) atoms. The minimum absolute atomic E-state index is 0.104. The van der Waals surface area contributed by atoms with Gasteiger partial charge in [0.15, 0.2) is 6.10 Å². The Morgan fingerprint density at radius 3 is 1.07 bits per heavy atom. The number of carbonyl (C=O) groups excluding carboxylic acids is 3. The SMILES string of the molecule is CC/C=C\C/C=C\CCCCCCCCCC(=O)OC(COC(=O)CCC/C=C\C/C=C\C/C=C\CCCCCCCC)COC(=O)CCCCCCC/C=C\C/C=C\CC. The molecule has 0 radical (unpaired) electrons. The second kappa shape index (κ2) is 49.2. The van der Waals surface area contributed by atoms with E-state index in [2.05, 4.69) is 106 Å². The van der Waals surface area contributed by atoms with Crippen molar-refractivity contribution in [3.8, 4) is 0 Å². The molecule has 0 fully saturated rings. The molecule has 0 aromatic heterocycles. The maximum absolute atomic E-state index is 12.8. The predicted octanol–water partition coefficient (Wildman–Crippen LogP) is 16.4. The van der Waals surface area contributed by atoms with E-state index >= 15 is 0 Å². The zero-order chi connectivity index (χ0) is 44.4. The van der Waals surface area contributed by atoms with E-state index in [0.717, 1.165) is 109 Å². The first kappa shape index (κ1) is 57.6. The topological polar surface area (TPSA) is 78.9 Å². The van der Waals surface area contributed by atoms with Gasteiger partial charge in [-0.15, -0.1) is 0 Å². The van der Waals surface area contributed by atoms with Crippen LogP contribution in [-0.4, -0.2) is 37.2 Å². The maximum Gasteiger partial charge on any atom is 0.306 e. The zero-order valence-corrected chi connectivity index (χ0v) is 39.7. The third-order valence-electron chi connectivity index (χ3n) is 10.4. The van der Waals surface area contributed by atoms with E-state index < -0.39 is 6.10 Å². The van der Waals surface area contributed by atoms with Crippen molar-refractivity contribution in [2.75, 3.05) is 13.2 Å². The highest BCUT2D eigenvalue weighted by atomic mass is 16.6. The molecule has 0 saturated carbocycles. The number of carbonyl (C=O) groups is 3. The lowest BCUT2D eigenvalue weighted by molar-refractivity contribution is -0.167. The summed E-state index contributed by atoms with van der Waals surface area (Å²) in [6.45, 7) is 6.34. The van der Waals surface area contributed by atoms with Gasteiger partial charge in [-0.25, -0.2) is 0 Å². The second-order valence-electron chi connectivity index (χ2n) is 16.3. The van der Waals surface area contributed by atoms with Crippen LogP contribution in [0.1, 0.15) is 226 Å². The van der Waals surface area contributed by atoms with Gasteiger partial charge in [-0.2, -0.15) is 0 Å². The summed E-state index contributed by atoms with van der Waals surface area (Å²) >= 11 is 0. The highest BCUT2D eigenvalue weighted by molar-refractivity contribution is 5.71. The van der Waals surface area contributed by atoms with Crippen LogP contribution in [0.4, 0.5) is 0 Å². The van der Waals surface area contributed by atoms with Crippen molar-refractivity contribution < 1.29 is 28.6 Å². The van der Waals surface area contributed by atoms with Gasteiger partial charge in [0.05, 0.1) is 0 Å². The summed E-state index contributed by atoms with van der Waals surface area (Å²) in [5, 5.41) is 0. The lowest BCUT2D eigenvalue weighted by atomic mass is 10.1. The smallest absolute Gasteiger partial charge is 0.306 e. The van der Waals surface area contributed by atoms with Crippen molar-refractivity contribution in [1.82, 2.24) is 0 Å². The van der Waals surface area contributed by atoms with Crippen LogP contribution in [-0.2, 0) is 28.6 Å². The average molecular weight is 849 g/mol. The lowest BCUT2D eigenvalue weighted by Crippen LogP contribution is -2.30. The van der Waals surface area contributed by atoms with Crippen LogP contribution in [0, 0.1) is 0 Å². The van der Waals surface area contributed by atoms with Crippen LogP contribution in [0.3, 0.4) is 0 Å². The van der Waals surface area contributed by atoms with E-state index in [1.165, 1.54) is 70.6 Å². The molecule has 0 N–H and O–H groups in total. The first-order valence-electron chi connectivity index (χ1n) is 25.1. The van der Waals surface area contributed by atoms with Crippen LogP contribution in [0.25, 0.3) is 0 Å². The minimum atomic E-state index is -0.806. The summed E-state index contributed by atoms with van der Waals surface area (Å²) in [6, 6.07) is 0. The van der Waals surface area contributed by atoms with Gasteiger partial charge in [0, 0.05) is 19.3 Å². The first-order chi connectivity index (χ1) is 30.0. The van der Waals surface area contributed by atoms with Gasteiger partial charge in [0.25, 0.3) is 0 Å². The standard InChI is InChI=1S/C55H92O6/c1-4-7-10-13-16-19-22-25-27-28-29-31-33-36-39-42-45-48-54(57)60-51-52(50-59-53(56)47-44-41-38-35-32-24-21-18-15-12-9-6-3)61-55(58)49-46-43-40-37-34-30-26-23-20-17-14-11-8-5-2/h8-9,11-12,17-18,20-21,25,27,29,31,36,39,52H,4-7,10,13-16,19,22-24,26,28,30,32-35,37-38,40-51H2,1-3H3/b11-8-,12-9-,20-17-,21-18-,27-25-,31-29-,39-36-. The molecular formula is C55H92O6. The predicted molar refractivity (Wildman–Crippen MR) is 261 cm³/mol. The summed E-state index contributed by atoms with van der Waals surface area (Å²) in [6.07, 6.45) is 62.9. The van der Waals surface area contributed by atoms with Crippen LogP contribution < -0.4 is 0 Å². The number of rotatable bonds is 44. The number of hydrogen-bond acceptors (Lipinski definition) is 6. The molecule has 0 aromatic carbocycles. The molecule has 0 rings (SSSR count). The maximum atomic E-state index is 12.8. The second-order valence-corrected chi connectivity index (χ2v) is 16.3. The molecular weight excluding hydrogens is 757 g/mol. The molecule has 348 valence electrons. The third kappa shape index (κ3) is 47.5.